The van der Waals surface area contributed by atoms with Gasteiger partial charge in [-0.05, 0) is 98.3 Å². The number of anilines is 1. The molecule has 0 aliphatic carbocycles. The highest BCUT2D eigenvalue weighted by molar-refractivity contribution is 6.26. The summed E-state index contributed by atoms with van der Waals surface area (Å²) in [6, 6.07) is 12.0. The van der Waals surface area contributed by atoms with Gasteiger partial charge in [0, 0.05) is 62.8 Å². The molecule has 284 valence electrons. The average molecular weight is 745 g/mol. The summed E-state index contributed by atoms with van der Waals surface area (Å²) in [6.45, 7) is 14.0. The SMILES string of the molecule is C=Cc1c(C)c2cc3nc(c(C(=O)OC)c4nc(cc5[nH]c(cc1[nH]2)c(C)c5CC)C(C)=C4C(=O)OC)[C@@H](CCC(=O)Nc1ccc(C(=O)NO)cc1)[C@@H]3C. The molecule has 0 radical (unpaired) electrons. The number of hydrogen-bond donors (Lipinski definition) is 5. The van der Waals surface area contributed by atoms with Crippen molar-refractivity contribution in [3.05, 3.63) is 105 Å². The number of aryl methyl sites for hydroxylation is 3. The zero-order valence-electron chi connectivity index (χ0n) is 31.9. The van der Waals surface area contributed by atoms with Crippen LogP contribution in [0.2, 0.25) is 0 Å². The number of hydrogen-bond acceptors (Lipinski definition) is 9. The van der Waals surface area contributed by atoms with Crippen LogP contribution in [-0.4, -0.2) is 63.1 Å². The van der Waals surface area contributed by atoms with E-state index in [1.165, 1.54) is 26.4 Å². The largest absolute Gasteiger partial charge is 0.465 e. The molecule has 0 unspecified atom stereocenters. The first-order valence-electron chi connectivity index (χ1n) is 18.0. The Kier molecular flexibility index (Phi) is 10.9. The second-order valence-electron chi connectivity index (χ2n) is 13.7. The molecule has 13 nitrogen and oxygen atoms in total. The maximum atomic E-state index is 14.0. The first-order valence-corrected chi connectivity index (χ1v) is 18.0. The number of carbonyl (C=O) groups is 4. The lowest BCUT2D eigenvalue weighted by Crippen LogP contribution is -2.19. The molecule has 13 heteroatoms. The Morgan fingerprint density at radius 1 is 0.909 bits per heavy atom. The van der Waals surface area contributed by atoms with Crippen molar-refractivity contribution < 1.29 is 33.9 Å². The van der Waals surface area contributed by atoms with Gasteiger partial charge in [-0.25, -0.2) is 20.1 Å². The van der Waals surface area contributed by atoms with Crippen LogP contribution in [0.25, 0.3) is 39.3 Å². The Hall–Kier alpha value is -6.34. The minimum absolute atomic E-state index is 0.0132. The van der Waals surface area contributed by atoms with E-state index in [4.69, 9.17) is 24.6 Å². The first kappa shape index (κ1) is 38.4. The summed E-state index contributed by atoms with van der Waals surface area (Å²) in [5, 5.41) is 11.8. The van der Waals surface area contributed by atoms with Gasteiger partial charge >= 0.3 is 11.9 Å². The van der Waals surface area contributed by atoms with Crippen LogP contribution in [0, 0.1) is 13.8 Å². The second kappa shape index (κ2) is 15.6. The van der Waals surface area contributed by atoms with Crippen molar-refractivity contribution in [2.75, 3.05) is 19.5 Å². The van der Waals surface area contributed by atoms with Crippen molar-refractivity contribution >= 4 is 68.7 Å². The van der Waals surface area contributed by atoms with Crippen LogP contribution >= 0.6 is 0 Å². The highest BCUT2D eigenvalue weighted by Crippen LogP contribution is 2.44. The number of benzene rings is 1. The molecule has 1 aromatic carbocycles. The Morgan fingerprint density at radius 2 is 1.58 bits per heavy atom. The molecule has 2 amide bonds. The molecule has 6 rings (SSSR count). The summed E-state index contributed by atoms with van der Waals surface area (Å²) in [5.41, 5.74) is 11.9. The number of methoxy groups -OCH3 is 2. The molecule has 2 aliphatic heterocycles. The van der Waals surface area contributed by atoms with Gasteiger partial charge in [-0.3, -0.25) is 19.8 Å². The van der Waals surface area contributed by atoms with Crippen LogP contribution in [0.5, 0.6) is 0 Å². The number of fused-ring (bicyclic) bond motifs is 8. The Balaban J connectivity index is 1.60. The summed E-state index contributed by atoms with van der Waals surface area (Å²) >= 11 is 0. The molecule has 4 aromatic rings. The number of nitrogens with zero attached hydrogens (tertiary/aromatic N) is 2. The zero-order valence-corrected chi connectivity index (χ0v) is 31.9. The average Bonchev–Trinajstić information content (AvgIpc) is 3.86. The number of amides is 2. The van der Waals surface area contributed by atoms with Gasteiger partial charge in [0.25, 0.3) is 5.91 Å². The van der Waals surface area contributed by atoms with Gasteiger partial charge in [0.2, 0.25) is 5.91 Å². The second-order valence-corrected chi connectivity index (χ2v) is 13.7. The number of aromatic amines is 2. The number of aromatic nitrogens is 4. The lowest BCUT2D eigenvalue weighted by Gasteiger charge is -2.18. The number of nitrogens with one attached hydrogen (secondary N) is 4. The quantitative estimate of drug-likeness (QED) is 0.0659. The number of ether oxygens (including phenoxy) is 2. The number of hydroxylamine groups is 1. The van der Waals surface area contributed by atoms with Crippen LogP contribution in [0.1, 0.15) is 111 Å². The van der Waals surface area contributed by atoms with E-state index in [2.05, 4.69) is 41.8 Å². The minimum Gasteiger partial charge on any atom is -0.465 e. The normalized spacial score (nSPS) is 15.1. The van der Waals surface area contributed by atoms with Gasteiger partial charge in [-0.1, -0.05) is 26.5 Å². The number of allylic oxidation sites excluding steroid dienone is 1. The molecule has 0 fully saturated rings. The van der Waals surface area contributed by atoms with Gasteiger partial charge in [-0.2, -0.15) is 0 Å². The summed E-state index contributed by atoms with van der Waals surface area (Å²) < 4.78 is 10.6. The van der Waals surface area contributed by atoms with Crippen molar-refractivity contribution in [3.63, 3.8) is 0 Å². The first-order chi connectivity index (χ1) is 26.3. The van der Waals surface area contributed by atoms with Crippen LogP contribution in [0.4, 0.5) is 5.69 Å². The molecular formula is C42H44N6O7. The third-order valence-corrected chi connectivity index (χ3v) is 10.6. The van der Waals surface area contributed by atoms with Crippen molar-refractivity contribution in [2.45, 2.75) is 65.7 Å². The Labute approximate surface area is 317 Å². The van der Waals surface area contributed by atoms with Gasteiger partial charge in [0.15, 0.2) is 0 Å². The van der Waals surface area contributed by atoms with E-state index in [9.17, 15) is 19.2 Å². The lowest BCUT2D eigenvalue weighted by molar-refractivity contribution is -0.133. The van der Waals surface area contributed by atoms with Gasteiger partial charge < -0.3 is 24.8 Å². The van der Waals surface area contributed by atoms with E-state index in [1.807, 2.05) is 32.1 Å². The van der Waals surface area contributed by atoms with E-state index in [0.717, 1.165) is 50.7 Å². The smallest absolute Gasteiger partial charge is 0.341 e. The number of H-pyrrole nitrogens is 2. The molecule has 55 heavy (non-hydrogen) atoms. The third kappa shape index (κ3) is 7.06. The van der Waals surface area contributed by atoms with Gasteiger partial charge in [0.1, 0.15) is 5.56 Å². The van der Waals surface area contributed by atoms with Crippen LogP contribution in [0.3, 0.4) is 0 Å². The fourth-order valence-electron chi connectivity index (χ4n) is 7.51. The van der Waals surface area contributed by atoms with Gasteiger partial charge in [-0.15, -0.1) is 0 Å². The lowest BCUT2D eigenvalue weighted by atomic mass is 9.85. The molecule has 8 bridgehead atoms. The molecule has 0 saturated heterocycles. The van der Waals surface area contributed by atoms with Crippen LogP contribution in [0.15, 0.2) is 49.0 Å². The topological polar surface area (TPSA) is 188 Å². The van der Waals surface area contributed by atoms with E-state index in [0.29, 0.717) is 28.3 Å². The third-order valence-electron chi connectivity index (χ3n) is 10.6. The predicted molar refractivity (Wildman–Crippen MR) is 211 cm³/mol. The molecule has 0 spiro atoms. The van der Waals surface area contributed by atoms with Crippen molar-refractivity contribution in [1.82, 2.24) is 25.4 Å². The fourth-order valence-corrected chi connectivity index (χ4v) is 7.51. The van der Waals surface area contributed by atoms with Crippen molar-refractivity contribution in [3.8, 4) is 0 Å². The Morgan fingerprint density at radius 3 is 2.22 bits per heavy atom. The number of rotatable bonds is 9. The van der Waals surface area contributed by atoms with E-state index >= 15 is 0 Å². The van der Waals surface area contributed by atoms with Crippen LogP contribution in [-0.2, 0) is 25.5 Å². The standard InChI is InChI=1S/C42H44N6O7/c1-9-26-20(3)29-17-31-22(5)28(15-16-35(49)43-25-13-11-24(12-14-25)40(50)48-53)38(46-31)37(42(52)55-8)39-36(41(51)54-7)23(6)32(47-39)19-34-27(10-2)21(4)30(45-34)18-33(26)44-29/h9,11-14,17-19,22,28,44-45,53H,1,10,15-16H2,2-8H3,(H,43,49)(H,48,50)/t22-,28-/m0/s1. The fraction of sp³-hybridized carbons (Fsp3) is 0.286. The number of esters is 2. The van der Waals surface area contributed by atoms with E-state index in [1.54, 1.807) is 24.5 Å². The van der Waals surface area contributed by atoms with Crippen LogP contribution < -0.4 is 10.8 Å². The highest BCUT2D eigenvalue weighted by Gasteiger charge is 2.38. The maximum absolute atomic E-state index is 14.0. The summed E-state index contributed by atoms with van der Waals surface area (Å²) in [6.07, 6.45) is 2.86. The Bertz CT molecular complexity index is 2460. The zero-order chi connectivity index (χ0) is 39.7. The van der Waals surface area contributed by atoms with E-state index in [-0.39, 0.29) is 47.1 Å². The van der Waals surface area contributed by atoms with Gasteiger partial charge in [0.05, 0.1) is 36.9 Å². The summed E-state index contributed by atoms with van der Waals surface area (Å²) in [7, 11) is 2.54. The number of carbonyl (C=O) groups excluding carboxylic acids is 4. The molecule has 0 saturated carbocycles. The van der Waals surface area contributed by atoms with E-state index < -0.39 is 23.8 Å². The summed E-state index contributed by atoms with van der Waals surface area (Å²) in [5.74, 6) is -3.16. The predicted octanol–water partition coefficient (Wildman–Crippen LogP) is 7.45. The molecule has 2 atom stereocenters. The van der Waals surface area contributed by atoms with Crippen molar-refractivity contribution in [2.24, 2.45) is 0 Å². The maximum Gasteiger partial charge on any atom is 0.341 e. The summed E-state index contributed by atoms with van der Waals surface area (Å²) in [4.78, 5) is 69.8. The minimum atomic E-state index is -0.738. The molecule has 3 aromatic heterocycles. The van der Waals surface area contributed by atoms with Crippen molar-refractivity contribution in [1.29, 1.82) is 0 Å². The molecular weight excluding hydrogens is 700 g/mol. The highest BCUT2D eigenvalue weighted by atomic mass is 16.5. The molecule has 5 N–H and O–H groups in total. The molecule has 2 aliphatic rings. The monoisotopic (exact) mass is 744 g/mol. The molecule has 5 heterocycles.